The van der Waals surface area contributed by atoms with Crippen LogP contribution in [0, 0.1) is 18.6 Å². The summed E-state index contributed by atoms with van der Waals surface area (Å²) in [5, 5.41) is 14.6. The monoisotopic (exact) mass is 1140 g/mol. The minimum absolute atomic E-state index is 0.281. The minimum atomic E-state index is -2.96. The van der Waals surface area contributed by atoms with Crippen molar-refractivity contribution < 1.29 is 8.78 Å². The number of hydrogen-bond acceptors (Lipinski definition) is 1. The first-order valence-corrected chi connectivity index (χ1v) is 33.3. The molecule has 0 fully saturated rings. The lowest BCUT2D eigenvalue weighted by atomic mass is 10.1. The Bertz CT molecular complexity index is 4440. The fourth-order valence-corrected chi connectivity index (χ4v) is 23.3. The van der Waals surface area contributed by atoms with E-state index in [0.29, 0.717) is 0 Å². The van der Waals surface area contributed by atoms with E-state index in [1.165, 1.54) is 41.5 Å². The first kappa shape index (κ1) is 52.4. The van der Waals surface area contributed by atoms with Crippen molar-refractivity contribution >= 4 is 118 Å². The summed E-state index contributed by atoms with van der Waals surface area (Å²) in [4.78, 5) is 2.38. The number of hydrogen-bond donors (Lipinski definition) is 0. The highest BCUT2D eigenvalue weighted by atomic mass is 28.3. The van der Waals surface area contributed by atoms with Gasteiger partial charge in [-0.3, -0.25) is 0 Å². The van der Waals surface area contributed by atoms with E-state index >= 15 is 0 Å². The Kier molecular flexibility index (Phi) is 13.2. The molecular weight excluding hydrogens is 1090 g/mol. The molecule has 3 nitrogen and oxygen atoms in total. The van der Waals surface area contributed by atoms with Crippen molar-refractivity contribution in [1.29, 1.82) is 0 Å². The SMILES string of the molecule is Cc1ccc(N(c2ccc3c(c2)c2cc([Si](c4ccccc4)(c4ccccc4)c4ccccc4)ccc2n3-c2ccc(F)cc2)c2ccc3c(c2)c2cc([Si](c4ccccc4)(c4ccccc4)c4ccccc4)ccc2n3-c2ccc(F)cc2)cc1. The van der Waals surface area contributed by atoms with Gasteiger partial charge in [-0.05, 0) is 158 Å². The van der Waals surface area contributed by atoms with Gasteiger partial charge < -0.3 is 14.0 Å². The van der Waals surface area contributed by atoms with Gasteiger partial charge in [-0.15, -0.1) is 0 Å². The first-order chi connectivity index (χ1) is 42.4. The van der Waals surface area contributed by atoms with Gasteiger partial charge in [0.2, 0.25) is 0 Å². The van der Waals surface area contributed by atoms with Crippen LogP contribution in [0.5, 0.6) is 0 Å². The summed E-state index contributed by atoms with van der Waals surface area (Å²) in [5.41, 5.74) is 9.95. The van der Waals surface area contributed by atoms with Crippen molar-refractivity contribution in [3.63, 3.8) is 0 Å². The number of anilines is 3. The molecule has 2 aromatic heterocycles. The van der Waals surface area contributed by atoms with E-state index in [4.69, 9.17) is 0 Å². The molecule has 0 saturated heterocycles. The summed E-state index contributed by atoms with van der Waals surface area (Å²) < 4.78 is 34.3. The highest BCUT2D eigenvalue weighted by Gasteiger charge is 2.43. The molecule has 0 saturated carbocycles. The third kappa shape index (κ3) is 8.65. The van der Waals surface area contributed by atoms with Crippen LogP contribution in [0.4, 0.5) is 25.8 Å². The molecule has 13 aromatic carbocycles. The van der Waals surface area contributed by atoms with Gasteiger partial charge in [-0.2, -0.15) is 0 Å². The average molecular weight is 1140 g/mol. The number of nitrogens with zero attached hydrogens (tertiary/aromatic N) is 3. The smallest absolute Gasteiger partial charge is 0.179 e. The van der Waals surface area contributed by atoms with Gasteiger partial charge in [0, 0.05) is 50.0 Å². The molecule has 0 aliphatic heterocycles. The Morgan fingerprint density at radius 3 is 0.826 bits per heavy atom. The van der Waals surface area contributed by atoms with Crippen LogP contribution in [0.2, 0.25) is 0 Å². The molecule has 410 valence electrons. The van der Waals surface area contributed by atoms with Crippen molar-refractivity contribution in [2.45, 2.75) is 6.92 Å². The van der Waals surface area contributed by atoms with E-state index in [1.54, 1.807) is 24.3 Å². The van der Waals surface area contributed by atoms with Crippen LogP contribution >= 0.6 is 0 Å². The third-order valence-corrected chi connectivity index (χ3v) is 27.1. The third-order valence-electron chi connectivity index (χ3n) is 17.6. The molecule has 7 heteroatoms. The molecule has 0 radical (unpaired) electrons. The molecule has 2 heterocycles. The molecule has 0 aliphatic carbocycles. The summed E-state index contributed by atoms with van der Waals surface area (Å²) in [5.74, 6) is -0.563. The van der Waals surface area contributed by atoms with Crippen LogP contribution in [-0.2, 0) is 0 Å². The zero-order valence-electron chi connectivity index (χ0n) is 47.3. The molecule has 0 N–H and O–H groups in total. The number of benzene rings is 13. The van der Waals surface area contributed by atoms with Gasteiger partial charge in [-0.1, -0.05) is 224 Å². The maximum absolute atomic E-state index is 14.9. The molecule has 0 spiro atoms. The van der Waals surface area contributed by atoms with E-state index in [9.17, 15) is 8.78 Å². The first-order valence-electron chi connectivity index (χ1n) is 29.3. The Hall–Kier alpha value is -10.4. The number of fused-ring (bicyclic) bond motifs is 6. The van der Waals surface area contributed by atoms with E-state index < -0.39 is 16.1 Å². The normalized spacial score (nSPS) is 11.9. The Morgan fingerprint density at radius 2 is 0.523 bits per heavy atom. The number of rotatable bonds is 13. The lowest BCUT2D eigenvalue weighted by Crippen LogP contribution is -2.74. The molecule has 0 atom stereocenters. The van der Waals surface area contributed by atoms with Crippen LogP contribution in [0.15, 0.2) is 328 Å². The molecule has 15 rings (SSSR count). The summed E-state index contributed by atoms with van der Waals surface area (Å²) in [6.07, 6.45) is 0. The van der Waals surface area contributed by atoms with Crippen LogP contribution in [-0.4, -0.2) is 25.3 Å². The predicted octanol–water partition coefficient (Wildman–Crippen LogP) is 14.7. The highest BCUT2D eigenvalue weighted by Crippen LogP contribution is 2.43. The van der Waals surface area contributed by atoms with Crippen molar-refractivity contribution in [2.75, 3.05) is 4.90 Å². The van der Waals surface area contributed by atoms with E-state index in [1.807, 2.05) is 24.3 Å². The lowest BCUT2D eigenvalue weighted by molar-refractivity contribution is 0.627. The van der Waals surface area contributed by atoms with Crippen LogP contribution in [0.25, 0.3) is 55.0 Å². The van der Waals surface area contributed by atoms with Crippen molar-refractivity contribution in [2.24, 2.45) is 0 Å². The van der Waals surface area contributed by atoms with Gasteiger partial charge >= 0.3 is 0 Å². The largest absolute Gasteiger partial charge is 0.310 e. The molecule has 15 aromatic rings. The van der Waals surface area contributed by atoms with Crippen molar-refractivity contribution in [3.05, 3.63) is 345 Å². The zero-order valence-corrected chi connectivity index (χ0v) is 49.3. The lowest BCUT2D eigenvalue weighted by Gasteiger charge is -2.34. The van der Waals surface area contributed by atoms with Gasteiger partial charge in [0.25, 0.3) is 0 Å². The van der Waals surface area contributed by atoms with Crippen molar-refractivity contribution in [3.8, 4) is 11.4 Å². The van der Waals surface area contributed by atoms with E-state index in [-0.39, 0.29) is 11.6 Å². The van der Waals surface area contributed by atoms with Crippen LogP contribution < -0.4 is 46.4 Å². The maximum Gasteiger partial charge on any atom is 0.179 e. The molecule has 0 bridgehead atoms. The second-order valence-electron chi connectivity index (χ2n) is 22.4. The maximum atomic E-state index is 14.9. The molecule has 0 unspecified atom stereocenters. The van der Waals surface area contributed by atoms with Crippen LogP contribution in [0.1, 0.15) is 5.56 Å². The Balaban J connectivity index is 0.997. The second-order valence-corrected chi connectivity index (χ2v) is 30.0. The fourth-order valence-electron chi connectivity index (χ4n) is 13.8. The Morgan fingerprint density at radius 1 is 0.256 bits per heavy atom. The molecule has 86 heavy (non-hydrogen) atoms. The number of halogens is 2. The molecule has 0 amide bonds. The standard InChI is InChI=1S/C79H57F2N3Si2/c1-56-32-38-59(39-33-56)82(62-44-48-76-72(52-62)74-54-70(46-50-78(74)83(76)60-40-34-57(80)35-41-60)85(64-20-8-2-9-21-64,65-22-10-3-11-23-65)66-24-12-4-13-25-66)63-45-49-77-73(53-63)75-55-71(47-51-79(75)84(77)61-42-36-58(81)37-43-61)86(67-26-14-5-15-27-67,68-28-16-6-17-29-68)69-30-18-7-19-31-69/h2-55H,1H3. The van der Waals surface area contributed by atoms with E-state index in [2.05, 4.69) is 300 Å². The summed E-state index contributed by atoms with van der Waals surface area (Å²) >= 11 is 0. The highest BCUT2D eigenvalue weighted by molar-refractivity contribution is 7.20. The zero-order chi connectivity index (χ0) is 57.8. The van der Waals surface area contributed by atoms with Gasteiger partial charge in [-0.25, -0.2) is 8.78 Å². The molecule has 0 aliphatic rings. The quantitative estimate of drug-likeness (QED) is 0.0828. The van der Waals surface area contributed by atoms with Crippen LogP contribution in [0.3, 0.4) is 0 Å². The van der Waals surface area contributed by atoms with E-state index in [0.717, 1.165) is 77.6 Å². The summed E-state index contributed by atoms with van der Waals surface area (Å²) in [7, 11) is -5.93. The average Bonchev–Trinajstić information content (AvgIpc) is 1.49. The van der Waals surface area contributed by atoms with Gasteiger partial charge in [0.1, 0.15) is 11.6 Å². The number of aryl methyl sites for hydroxylation is 1. The minimum Gasteiger partial charge on any atom is -0.310 e. The van der Waals surface area contributed by atoms with Crippen molar-refractivity contribution in [1.82, 2.24) is 9.13 Å². The fraction of sp³-hybridized carbons (Fsp3) is 0.0127. The van der Waals surface area contributed by atoms with Gasteiger partial charge in [0.05, 0.1) is 22.1 Å². The topological polar surface area (TPSA) is 13.1 Å². The summed E-state index contributed by atoms with van der Waals surface area (Å²) in [6.45, 7) is 2.13. The number of aromatic nitrogens is 2. The predicted molar refractivity (Wildman–Crippen MR) is 362 cm³/mol. The Labute approximate surface area is 501 Å². The summed E-state index contributed by atoms with van der Waals surface area (Å²) in [6, 6.07) is 117. The molecular formula is C79H57F2N3Si2. The second kappa shape index (κ2) is 21.6. The van der Waals surface area contributed by atoms with Gasteiger partial charge in [0.15, 0.2) is 16.1 Å².